The molecule has 1 heterocycles. The first-order valence-electron chi connectivity index (χ1n) is 8.68. The molecule has 1 saturated heterocycles. The molecule has 0 radical (unpaired) electrons. The summed E-state index contributed by atoms with van der Waals surface area (Å²) in [6.45, 7) is 2.85. The van der Waals surface area contributed by atoms with Crippen LogP contribution in [-0.4, -0.2) is 53.8 Å². The molecule has 0 unspecified atom stereocenters. The third kappa shape index (κ3) is 5.83. The van der Waals surface area contributed by atoms with E-state index in [0.29, 0.717) is 5.69 Å². The van der Waals surface area contributed by atoms with Gasteiger partial charge in [-0.05, 0) is 49.5 Å². The Labute approximate surface area is 164 Å². The number of piperidine rings is 1. The Balaban J connectivity index is 2.26. The van der Waals surface area contributed by atoms with Crippen molar-refractivity contribution >= 4 is 37.5 Å². The molecule has 28 heavy (non-hydrogen) atoms. The molecule has 0 aromatic heterocycles. The summed E-state index contributed by atoms with van der Waals surface area (Å²) in [5.74, 6) is -1.62. The number of amides is 1. The Bertz CT molecular complexity index is 967. The van der Waals surface area contributed by atoms with Gasteiger partial charge in [0.1, 0.15) is 0 Å². The molecule has 1 aromatic carbocycles. The van der Waals surface area contributed by atoms with Gasteiger partial charge in [-0.1, -0.05) is 0 Å². The maximum atomic E-state index is 12.3. The third-order valence-corrected chi connectivity index (χ3v) is 6.30. The minimum atomic E-state index is -3.86. The Morgan fingerprint density at radius 3 is 2.43 bits per heavy atom. The molecule has 0 saturated carbocycles. The molecule has 0 bridgehead atoms. The number of sulfone groups is 1. The molecule has 156 valence electrons. The quantitative estimate of drug-likeness (QED) is 0.373. The van der Waals surface area contributed by atoms with Crippen LogP contribution in [0.3, 0.4) is 0 Å². The Morgan fingerprint density at radius 2 is 1.86 bits per heavy atom. The Hall–Kier alpha value is -2.34. The van der Waals surface area contributed by atoms with E-state index in [4.69, 9.17) is 5.73 Å². The smallest absolute Gasteiger partial charge is 0.328 e. The van der Waals surface area contributed by atoms with Gasteiger partial charge >= 0.3 is 10.1 Å². The number of carbonyl (C=O) groups excluding carboxylic acids is 1. The van der Waals surface area contributed by atoms with Gasteiger partial charge in [0.2, 0.25) is 5.96 Å². The standard InChI is InChI=1S/C16H24N4O6S2/c1-3-28(24,25)26-19-16(17)18-15(21)12-7-8-13(14(11-12)27(2,22)23)20-9-5-4-6-10-20/h7-8,11H,3-6,9-10H2,1-2H3,(H3,17,18,19,21). The van der Waals surface area contributed by atoms with E-state index in [-0.39, 0.29) is 16.2 Å². The van der Waals surface area contributed by atoms with Crippen LogP contribution >= 0.6 is 0 Å². The lowest BCUT2D eigenvalue weighted by molar-refractivity contribution is 0.0975. The number of nitrogens with two attached hydrogens (primary N) is 1. The largest absolute Gasteiger partial charge is 0.370 e. The maximum Gasteiger partial charge on any atom is 0.328 e. The van der Waals surface area contributed by atoms with Crippen LogP contribution in [0.5, 0.6) is 0 Å². The van der Waals surface area contributed by atoms with E-state index in [1.54, 1.807) is 6.07 Å². The van der Waals surface area contributed by atoms with Gasteiger partial charge in [-0.25, -0.2) is 8.42 Å². The number of rotatable bonds is 6. The summed E-state index contributed by atoms with van der Waals surface area (Å²) in [6, 6.07) is 4.33. The van der Waals surface area contributed by atoms with E-state index in [1.807, 2.05) is 4.90 Å². The zero-order valence-corrected chi connectivity index (χ0v) is 17.3. The van der Waals surface area contributed by atoms with E-state index < -0.39 is 31.8 Å². The van der Waals surface area contributed by atoms with E-state index in [2.05, 4.69) is 14.8 Å². The van der Waals surface area contributed by atoms with Crippen LogP contribution in [0.4, 0.5) is 5.69 Å². The lowest BCUT2D eigenvalue weighted by atomic mass is 10.1. The zero-order chi connectivity index (χ0) is 20.9. The van der Waals surface area contributed by atoms with Gasteiger partial charge in [-0.15, -0.1) is 0 Å². The number of nitrogens with one attached hydrogen (secondary N) is 1. The second-order valence-corrected chi connectivity index (χ2v) is 10.2. The van der Waals surface area contributed by atoms with Crippen LogP contribution < -0.4 is 16.0 Å². The number of nitrogens with zero attached hydrogens (tertiary/aromatic N) is 2. The summed E-state index contributed by atoms with van der Waals surface area (Å²) in [4.78, 5) is 14.4. The average molecular weight is 433 g/mol. The summed E-state index contributed by atoms with van der Waals surface area (Å²) in [5.41, 5.74) is 6.04. The number of benzene rings is 1. The van der Waals surface area contributed by atoms with Crippen molar-refractivity contribution in [1.82, 2.24) is 5.32 Å². The molecule has 2 rings (SSSR count). The van der Waals surface area contributed by atoms with Crippen molar-refractivity contribution in [1.29, 1.82) is 0 Å². The highest BCUT2D eigenvalue weighted by atomic mass is 32.2. The number of hydrogen-bond donors (Lipinski definition) is 2. The van der Waals surface area contributed by atoms with Crippen molar-refractivity contribution in [3.05, 3.63) is 23.8 Å². The summed E-state index contributed by atoms with van der Waals surface area (Å²) in [6.07, 6.45) is 4.12. The monoisotopic (exact) mass is 432 g/mol. The van der Waals surface area contributed by atoms with Crippen LogP contribution in [0, 0.1) is 0 Å². The molecule has 1 amide bonds. The van der Waals surface area contributed by atoms with Gasteiger partial charge in [0, 0.05) is 24.9 Å². The molecule has 1 fully saturated rings. The van der Waals surface area contributed by atoms with Crippen LogP contribution in [0.2, 0.25) is 0 Å². The van der Waals surface area contributed by atoms with Crippen molar-refractivity contribution in [2.75, 3.05) is 30.0 Å². The van der Waals surface area contributed by atoms with E-state index >= 15 is 0 Å². The molecular formula is C16H24N4O6S2. The fourth-order valence-electron chi connectivity index (χ4n) is 2.71. The predicted octanol–water partition coefficient (Wildman–Crippen LogP) is 0.406. The van der Waals surface area contributed by atoms with Crippen molar-refractivity contribution in [3.8, 4) is 0 Å². The topological polar surface area (TPSA) is 148 Å². The second-order valence-electron chi connectivity index (χ2n) is 6.35. The van der Waals surface area contributed by atoms with Gasteiger partial charge in [0.15, 0.2) is 9.84 Å². The van der Waals surface area contributed by atoms with Crippen molar-refractivity contribution in [3.63, 3.8) is 0 Å². The molecule has 0 atom stereocenters. The van der Waals surface area contributed by atoms with Crippen LogP contribution in [0.1, 0.15) is 36.5 Å². The van der Waals surface area contributed by atoms with Crippen molar-refractivity contribution in [2.45, 2.75) is 31.1 Å². The maximum absolute atomic E-state index is 12.3. The molecule has 0 aliphatic carbocycles. The number of carbonyl (C=O) groups is 1. The molecule has 12 heteroatoms. The fourth-order valence-corrected chi connectivity index (χ4v) is 3.93. The normalized spacial score (nSPS) is 15.9. The molecule has 1 aromatic rings. The fraction of sp³-hybridized carbons (Fsp3) is 0.500. The zero-order valence-electron chi connectivity index (χ0n) is 15.7. The highest BCUT2D eigenvalue weighted by Gasteiger charge is 2.22. The van der Waals surface area contributed by atoms with Gasteiger partial charge < -0.3 is 10.6 Å². The number of anilines is 1. The number of hydrogen-bond acceptors (Lipinski definition) is 8. The average Bonchev–Trinajstić information content (AvgIpc) is 2.66. The van der Waals surface area contributed by atoms with E-state index in [1.165, 1.54) is 19.1 Å². The molecule has 1 aliphatic heterocycles. The second kappa shape index (κ2) is 8.78. The minimum Gasteiger partial charge on any atom is -0.370 e. The lowest BCUT2D eigenvalue weighted by Crippen LogP contribution is -2.37. The Kier molecular flexibility index (Phi) is 6.88. The van der Waals surface area contributed by atoms with Gasteiger partial charge in [-0.2, -0.15) is 8.42 Å². The van der Waals surface area contributed by atoms with Crippen molar-refractivity contribution in [2.24, 2.45) is 10.9 Å². The molecule has 1 aliphatic rings. The summed E-state index contributed by atoms with van der Waals surface area (Å²) >= 11 is 0. The summed E-state index contributed by atoms with van der Waals surface area (Å²) in [7, 11) is -7.45. The summed E-state index contributed by atoms with van der Waals surface area (Å²) in [5, 5.41) is 5.30. The highest BCUT2D eigenvalue weighted by Crippen LogP contribution is 2.29. The van der Waals surface area contributed by atoms with Gasteiger partial charge in [0.05, 0.1) is 16.3 Å². The lowest BCUT2D eigenvalue weighted by Gasteiger charge is -2.30. The first-order valence-corrected chi connectivity index (χ1v) is 12.2. The van der Waals surface area contributed by atoms with Crippen LogP contribution in [0.15, 0.2) is 28.3 Å². The first-order chi connectivity index (χ1) is 13.0. The van der Waals surface area contributed by atoms with Crippen LogP contribution in [-0.2, 0) is 24.2 Å². The SMILES string of the molecule is CCS(=O)(=O)ON=C(N)NC(=O)c1ccc(N2CCCCC2)c(S(C)(=O)=O)c1. The molecular weight excluding hydrogens is 408 g/mol. The van der Waals surface area contributed by atoms with Gasteiger partial charge in [-0.3, -0.25) is 14.4 Å². The molecule has 10 nitrogen and oxygen atoms in total. The Morgan fingerprint density at radius 1 is 1.21 bits per heavy atom. The van der Waals surface area contributed by atoms with E-state index in [0.717, 1.165) is 38.6 Å². The van der Waals surface area contributed by atoms with Crippen LogP contribution in [0.25, 0.3) is 0 Å². The van der Waals surface area contributed by atoms with Gasteiger partial charge in [0.25, 0.3) is 5.91 Å². The van der Waals surface area contributed by atoms with Crippen molar-refractivity contribution < 1.29 is 25.9 Å². The first kappa shape index (κ1) is 22.0. The van der Waals surface area contributed by atoms with E-state index in [9.17, 15) is 21.6 Å². The summed E-state index contributed by atoms with van der Waals surface area (Å²) < 4.78 is 51.2. The number of oxime groups is 1. The predicted molar refractivity (Wildman–Crippen MR) is 105 cm³/mol. The molecule has 0 spiro atoms. The number of guanidine groups is 1. The highest BCUT2D eigenvalue weighted by molar-refractivity contribution is 7.90. The minimum absolute atomic E-state index is 0.0395. The third-order valence-electron chi connectivity index (χ3n) is 4.16. The molecule has 3 N–H and O–H groups in total.